The minimum Gasteiger partial charge on any atom is -0.394 e. The second kappa shape index (κ2) is 14.0. The van der Waals surface area contributed by atoms with E-state index in [2.05, 4.69) is 33.8 Å². The number of aliphatic hydroxyl groups excluding tert-OH is 7. The summed E-state index contributed by atoms with van der Waals surface area (Å²) in [6.45, 7) is 9.19. The molecule has 13 nitrogen and oxygen atoms in total. The lowest BCUT2D eigenvalue weighted by Gasteiger charge is -2.58. The molecule has 0 aromatic rings. The van der Waals surface area contributed by atoms with Crippen molar-refractivity contribution in [3.63, 3.8) is 0 Å². The van der Waals surface area contributed by atoms with Gasteiger partial charge in [0.1, 0.15) is 48.8 Å². The van der Waals surface area contributed by atoms with Gasteiger partial charge in [-0.25, -0.2) is 0 Å². The third kappa shape index (κ3) is 5.90. The van der Waals surface area contributed by atoms with Crippen LogP contribution in [0.15, 0.2) is 11.6 Å². The van der Waals surface area contributed by atoms with E-state index in [9.17, 15) is 35.7 Å². The van der Waals surface area contributed by atoms with Crippen LogP contribution in [0.25, 0.3) is 0 Å². The molecule has 0 aromatic heterocycles. The van der Waals surface area contributed by atoms with Crippen LogP contribution in [0.5, 0.6) is 0 Å². The maximum atomic E-state index is 11.4. The Balaban J connectivity index is 0.938. The molecule has 296 valence electrons. The first-order valence-corrected chi connectivity index (χ1v) is 20.0. The molecule has 0 aromatic carbocycles. The van der Waals surface area contributed by atoms with Crippen molar-refractivity contribution in [2.75, 3.05) is 19.8 Å². The molecule has 0 bridgehead atoms. The molecule has 4 aliphatic carbocycles. The van der Waals surface area contributed by atoms with Gasteiger partial charge in [-0.1, -0.05) is 39.3 Å². The van der Waals surface area contributed by atoms with Gasteiger partial charge < -0.3 is 64.2 Å². The van der Waals surface area contributed by atoms with E-state index in [0.717, 1.165) is 45.1 Å². The second-order valence-corrected chi connectivity index (χ2v) is 18.3. The molecule has 52 heavy (non-hydrogen) atoms. The van der Waals surface area contributed by atoms with Crippen molar-refractivity contribution in [3.05, 3.63) is 11.6 Å². The fraction of sp³-hybridized carbons (Fsp3) is 0.949. The average molecular weight is 739 g/mol. The molecule has 1 spiro atoms. The van der Waals surface area contributed by atoms with Gasteiger partial charge in [-0.05, 0) is 91.8 Å². The van der Waals surface area contributed by atoms with Crippen LogP contribution in [0.1, 0.15) is 85.5 Å². The average Bonchev–Trinajstić information content (AvgIpc) is 3.58. The summed E-state index contributed by atoms with van der Waals surface area (Å²) in [5, 5.41) is 72.9. The summed E-state index contributed by atoms with van der Waals surface area (Å²) in [5.41, 5.74) is 1.67. The minimum atomic E-state index is -1.73. The van der Waals surface area contributed by atoms with Gasteiger partial charge in [-0.15, -0.1) is 0 Å². The van der Waals surface area contributed by atoms with E-state index in [4.69, 9.17) is 28.4 Å². The summed E-state index contributed by atoms with van der Waals surface area (Å²) >= 11 is 0. The second-order valence-electron chi connectivity index (χ2n) is 18.3. The van der Waals surface area contributed by atoms with Gasteiger partial charge in [-0.2, -0.15) is 0 Å². The summed E-state index contributed by atoms with van der Waals surface area (Å²) in [5.74, 6) is 2.88. The Bertz CT molecular complexity index is 1320. The topological polar surface area (TPSA) is 197 Å². The number of rotatable bonds is 6. The Morgan fingerprint density at radius 3 is 2.19 bits per heavy atom. The molecule has 7 fully saturated rings. The van der Waals surface area contributed by atoms with Crippen LogP contribution >= 0.6 is 0 Å². The van der Waals surface area contributed by atoms with E-state index in [1.54, 1.807) is 0 Å². The molecule has 4 aliphatic heterocycles. The first kappa shape index (κ1) is 38.1. The fourth-order valence-electron chi connectivity index (χ4n) is 12.6. The Morgan fingerprint density at radius 2 is 1.50 bits per heavy atom. The molecule has 3 saturated carbocycles. The zero-order valence-corrected chi connectivity index (χ0v) is 31.0. The Kier molecular flexibility index (Phi) is 10.3. The predicted octanol–water partition coefficient (Wildman–Crippen LogP) is 1.36. The van der Waals surface area contributed by atoms with Crippen molar-refractivity contribution in [1.82, 2.24) is 0 Å². The van der Waals surface area contributed by atoms with Gasteiger partial charge in [0.05, 0.1) is 32.0 Å². The van der Waals surface area contributed by atoms with Gasteiger partial charge in [-0.3, -0.25) is 0 Å². The number of fused-ring (bicyclic) bond motifs is 7. The molecule has 7 N–H and O–H groups in total. The third-order valence-corrected chi connectivity index (χ3v) is 15.6. The normalized spacial score (nSPS) is 57.5. The van der Waals surface area contributed by atoms with E-state index in [1.165, 1.54) is 18.4 Å². The van der Waals surface area contributed by atoms with Crippen molar-refractivity contribution < 1.29 is 64.2 Å². The first-order valence-electron chi connectivity index (χ1n) is 20.0. The highest BCUT2D eigenvalue weighted by Gasteiger charge is 2.68. The lowest BCUT2D eigenvalue weighted by Crippen LogP contribution is -2.65. The lowest BCUT2D eigenvalue weighted by molar-refractivity contribution is -0.364. The quantitative estimate of drug-likeness (QED) is 0.193. The first-order chi connectivity index (χ1) is 24.7. The number of hydrogen-bond acceptors (Lipinski definition) is 13. The maximum Gasteiger partial charge on any atom is 0.187 e. The monoisotopic (exact) mass is 738 g/mol. The van der Waals surface area contributed by atoms with Crippen molar-refractivity contribution >= 4 is 0 Å². The van der Waals surface area contributed by atoms with Crippen molar-refractivity contribution in [2.45, 2.75) is 165 Å². The molecule has 13 heteroatoms. The van der Waals surface area contributed by atoms with E-state index < -0.39 is 80.4 Å². The van der Waals surface area contributed by atoms with Crippen molar-refractivity contribution in [2.24, 2.45) is 46.3 Å². The molecular formula is C39H62O13. The highest BCUT2D eigenvalue weighted by Crippen LogP contribution is 2.70. The Labute approximate surface area is 306 Å². The molecule has 0 amide bonds. The smallest absolute Gasteiger partial charge is 0.187 e. The summed E-state index contributed by atoms with van der Waals surface area (Å²) in [6, 6.07) is 0. The minimum absolute atomic E-state index is 0.0444. The summed E-state index contributed by atoms with van der Waals surface area (Å²) in [6.07, 6.45) is -3.23. The number of ether oxygens (including phenoxy) is 6. The molecule has 8 aliphatic rings. The van der Waals surface area contributed by atoms with Crippen LogP contribution in [0.4, 0.5) is 0 Å². The van der Waals surface area contributed by atoms with Crippen LogP contribution in [0.3, 0.4) is 0 Å². The summed E-state index contributed by atoms with van der Waals surface area (Å²) in [7, 11) is 0. The van der Waals surface area contributed by atoms with Crippen LogP contribution in [-0.2, 0) is 28.4 Å². The fourth-order valence-corrected chi connectivity index (χ4v) is 12.6. The highest BCUT2D eigenvalue weighted by atomic mass is 16.7. The van der Waals surface area contributed by atoms with Crippen LogP contribution < -0.4 is 0 Å². The Morgan fingerprint density at radius 1 is 0.788 bits per heavy atom. The van der Waals surface area contributed by atoms with E-state index in [1.807, 2.05) is 0 Å². The number of aliphatic hydroxyl groups is 7. The molecule has 8 rings (SSSR count). The van der Waals surface area contributed by atoms with Gasteiger partial charge in [0.25, 0.3) is 0 Å². The van der Waals surface area contributed by atoms with E-state index >= 15 is 0 Å². The molecule has 4 saturated heterocycles. The van der Waals surface area contributed by atoms with Gasteiger partial charge in [0.15, 0.2) is 18.4 Å². The molecule has 0 radical (unpaired) electrons. The highest BCUT2D eigenvalue weighted by molar-refractivity contribution is 5.26. The largest absolute Gasteiger partial charge is 0.394 e. The molecule has 21 atom stereocenters. The lowest BCUT2D eigenvalue weighted by atomic mass is 9.47. The van der Waals surface area contributed by atoms with Crippen LogP contribution in [-0.4, -0.2) is 135 Å². The SMILES string of the molecule is C[C@@H]1CC[C@@]2(OC1)O[C@H]1C[C@H]3[C@@H]4CC=C5C[C@@H](O[C@@H]6O[C@H](CO)[C@@H](O)[C@H](O[C@@H]7O[C@H](CO)[C@H](O)[C@H](O)[C@H]7O)[C@H]6O)CC[C@]5(C)[C@H]4CC[C@]3(C)[C@H]1[C@@H]2C. The maximum absolute atomic E-state index is 11.4. The zero-order chi connectivity index (χ0) is 36.9. The summed E-state index contributed by atoms with van der Waals surface area (Å²) in [4.78, 5) is 0. The number of allylic oxidation sites excluding steroid dienone is 1. The van der Waals surface area contributed by atoms with Crippen LogP contribution in [0.2, 0.25) is 0 Å². The summed E-state index contributed by atoms with van der Waals surface area (Å²) < 4.78 is 37.0. The standard InChI is InChI=1S/C39H62O13/c1-18-7-12-39(47-17-18)19(2)28-25(52-39)14-24-22-6-5-20-13-21(8-10-37(20,3)23(22)9-11-38(24,28)4)48-36-33(46)34(30(43)27(16-41)50-36)51-35-32(45)31(44)29(42)26(15-40)49-35/h5,18-19,21-36,40-46H,6-17H2,1-4H3/t18-,19+,21+,22-,23+,24+,25+,26-,27-,28+,29+,30-,31+,32-,33-,34+,35+,36-,37+,38+,39-/m1/s1. The van der Waals surface area contributed by atoms with Crippen LogP contribution in [0, 0.1) is 46.3 Å². The zero-order valence-electron chi connectivity index (χ0n) is 31.0. The molecule has 4 heterocycles. The number of hydrogen-bond donors (Lipinski definition) is 7. The van der Waals surface area contributed by atoms with E-state index in [-0.39, 0.29) is 23.0 Å². The van der Waals surface area contributed by atoms with Crippen molar-refractivity contribution in [3.8, 4) is 0 Å². The Hall–Kier alpha value is -0.780. The van der Waals surface area contributed by atoms with Gasteiger partial charge in [0.2, 0.25) is 0 Å². The predicted molar refractivity (Wildman–Crippen MR) is 183 cm³/mol. The third-order valence-electron chi connectivity index (χ3n) is 15.6. The molecular weight excluding hydrogens is 676 g/mol. The van der Waals surface area contributed by atoms with Crippen molar-refractivity contribution in [1.29, 1.82) is 0 Å². The molecule has 0 unspecified atom stereocenters. The van der Waals surface area contributed by atoms with Gasteiger partial charge >= 0.3 is 0 Å². The van der Waals surface area contributed by atoms with E-state index in [0.29, 0.717) is 41.9 Å². The van der Waals surface area contributed by atoms with Gasteiger partial charge in [0, 0.05) is 12.3 Å².